The predicted octanol–water partition coefficient (Wildman–Crippen LogP) is 3.29. The lowest BCUT2D eigenvalue weighted by Crippen LogP contribution is -2.30. The molecule has 1 heterocycles. The Morgan fingerprint density at radius 2 is 1.85 bits per heavy atom. The zero-order valence-electron chi connectivity index (χ0n) is 15.0. The number of amides is 1. The minimum absolute atomic E-state index is 0.0410. The maximum absolute atomic E-state index is 12.1. The molecule has 0 fully saturated rings. The highest BCUT2D eigenvalue weighted by molar-refractivity contribution is 5.85. The van der Waals surface area contributed by atoms with Gasteiger partial charge in [-0.3, -0.25) is 4.79 Å². The van der Waals surface area contributed by atoms with E-state index in [4.69, 9.17) is 9.47 Å². The van der Waals surface area contributed by atoms with Crippen molar-refractivity contribution in [2.75, 3.05) is 20.3 Å². The Hall–Kier alpha value is -3.08. The predicted molar refractivity (Wildman–Crippen MR) is 102 cm³/mol. The summed E-state index contributed by atoms with van der Waals surface area (Å²) >= 11 is 0. The second kappa shape index (κ2) is 8.34. The average molecular weight is 350 g/mol. The Labute approximate surface area is 153 Å². The number of rotatable bonds is 7. The number of para-hydroxylation sites is 2. The van der Waals surface area contributed by atoms with Crippen molar-refractivity contribution in [1.82, 2.24) is 10.3 Å². The van der Waals surface area contributed by atoms with Crippen LogP contribution in [-0.4, -0.2) is 31.2 Å². The third-order valence-electron chi connectivity index (χ3n) is 4.09. The van der Waals surface area contributed by atoms with Gasteiger partial charge in [0.15, 0.2) is 6.61 Å². The van der Waals surface area contributed by atoms with E-state index in [9.17, 15) is 4.79 Å². The molecule has 3 aromatic rings. The molecule has 2 aromatic carbocycles. The van der Waals surface area contributed by atoms with Crippen LogP contribution in [0.25, 0.3) is 10.9 Å². The van der Waals surface area contributed by atoms with Crippen LogP contribution in [0.4, 0.5) is 0 Å². The van der Waals surface area contributed by atoms with Gasteiger partial charge in [-0.25, -0.2) is 4.98 Å². The Kier molecular flexibility index (Phi) is 5.69. The van der Waals surface area contributed by atoms with E-state index in [0.29, 0.717) is 18.7 Å². The Bertz CT molecular complexity index is 909. The van der Waals surface area contributed by atoms with Crippen LogP contribution in [0, 0.1) is 6.92 Å². The molecule has 0 radical (unpaired) electrons. The first-order chi connectivity index (χ1) is 12.7. The van der Waals surface area contributed by atoms with E-state index in [2.05, 4.69) is 10.3 Å². The number of fused-ring (bicyclic) bond motifs is 1. The maximum Gasteiger partial charge on any atom is 0.257 e. The number of nitrogens with zero attached hydrogens (tertiary/aromatic N) is 1. The summed E-state index contributed by atoms with van der Waals surface area (Å²) in [5, 5.41) is 3.86. The lowest BCUT2D eigenvalue weighted by molar-refractivity contribution is -0.123. The topological polar surface area (TPSA) is 60.5 Å². The lowest BCUT2D eigenvalue weighted by atomic mass is 10.1. The molecule has 0 aliphatic rings. The van der Waals surface area contributed by atoms with Gasteiger partial charge >= 0.3 is 0 Å². The number of aromatic nitrogens is 1. The van der Waals surface area contributed by atoms with Gasteiger partial charge in [0.2, 0.25) is 0 Å². The van der Waals surface area contributed by atoms with Crippen LogP contribution in [0.1, 0.15) is 11.3 Å². The van der Waals surface area contributed by atoms with Gasteiger partial charge in [0.05, 0.1) is 7.11 Å². The minimum Gasteiger partial charge on any atom is -0.496 e. The molecule has 0 saturated carbocycles. The first-order valence-electron chi connectivity index (χ1n) is 8.55. The number of methoxy groups -OCH3 is 1. The Morgan fingerprint density at radius 1 is 1.04 bits per heavy atom. The van der Waals surface area contributed by atoms with Gasteiger partial charge in [-0.15, -0.1) is 0 Å². The van der Waals surface area contributed by atoms with Gasteiger partial charge in [0, 0.05) is 17.6 Å². The first-order valence-corrected chi connectivity index (χ1v) is 8.55. The Morgan fingerprint density at radius 3 is 2.69 bits per heavy atom. The van der Waals surface area contributed by atoms with Crippen LogP contribution in [-0.2, 0) is 11.2 Å². The summed E-state index contributed by atoms with van der Waals surface area (Å²) in [4.78, 5) is 16.6. The molecule has 1 N–H and O–H groups in total. The molecule has 0 saturated heterocycles. The van der Waals surface area contributed by atoms with Crippen molar-refractivity contribution >= 4 is 16.8 Å². The molecule has 0 aliphatic carbocycles. The molecule has 1 amide bonds. The Balaban J connectivity index is 1.54. The molecule has 0 aliphatic heterocycles. The molecular weight excluding hydrogens is 328 g/mol. The SMILES string of the molecule is COc1ccccc1CCNC(=O)COc1cccc2ccc(C)nc12. The summed E-state index contributed by atoms with van der Waals surface area (Å²) < 4.78 is 11.0. The third kappa shape index (κ3) is 4.30. The highest BCUT2D eigenvalue weighted by atomic mass is 16.5. The number of nitrogens with one attached hydrogen (secondary N) is 1. The standard InChI is InChI=1S/C21H22N2O3/c1-15-10-11-17-7-5-9-19(21(17)23-15)26-14-20(24)22-13-12-16-6-3-4-8-18(16)25-2/h3-11H,12-14H2,1-2H3,(H,22,24). The van der Waals surface area contributed by atoms with Crippen molar-refractivity contribution in [1.29, 1.82) is 0 Å². The number of carbonyl (C=O) groups excluding carboxylic acids is 1. The molecule has 134 valence electrons. The van der Waals surface area contributed by atoms with Crippen molar-refractivity contribution in [2.24, 2.45) is 0 Å². The molecule has 5 heteroatoms. The summed E-state index contributed by atoms with van der Waals surface area (Å²) in [6.07, 6.45) is 0.699. The minimum atomic E-state index is -0.162. The summed E-state index contributed by atoms with van der Waals surface area (Å²) in [5.41, 5.74) is 2.74. The van der Waals surface area contributed by atoms with Crippen LogP contribution < -0.4 is 14.8 Å². The monoisotopic (exact) mass is 350 g/mol. The van der Waals surface area contributed by atoms with E-state index in [0.717, 1.165) is 27.9 Å². The van der Waals surface area contributed by atoms with Crippen LogP contribution in [0.5, 0.6) is 11.5 Å². The lowest BCUT2D eigenvalue weighted by Gasteiger charge is -2.11. The summed E-state index contributed by atoms with van der Waals surface area (Å²) in [5.74, 6) is 1.28. The highest BCUT2D eigenvalue weighted by Crippen LogP contribution is 2.23. The van der Waals surface area contributed by atoms with Crippen molar-refractivity contribution in [2.45, 2.75) is 13.3 Å². The van der Waals surface area contributed by atoms with E-state index in [1.807, 2.05) is 61.5 Å². The molecule has 0 bridgehead atoms. The quantitative estimate of drug-likeness (QED) is 0.710. The fourth-order valence-electron chi connectivity index (χ4n) is 2.77. The maximum atomic E-state index is 12.1. The van der Waals surface area contributed by atoms with E-state index in [1.54, 1.807) is 7.11 Å². The van der Waals surface area contributed by atoms with Gasteiger partial charge in [-0.1, -0.05) is 36.4 Å². The fourth-order valence-corrected chi connectivity index (χ4v) is 2.77. The van der Waals surface area contributed by atoms with Crippen LogP contribution in [0.3, 0.4) is 0 Å². The number of aryl methyl sites for hydroxylation is 1. The van der Waals surface area contributed by atoms with Crippen LogP contribution in [0.15, 0.2) is 54.6 Å². The smallest absolute Gasteiger partial charge is 0.257 e. The number of pyridine rings is 1. The molecule has 0 atom stereocenters. The van der Waals surface area contributed by atoms with E-state index >= 15 is 0 Å². The normalized spacial score (nSPS) is 10.5. The fraction of sp³-hybridized carbons (Fsp3) is 0.238. The van der Waals surface area contributed by atoms with Crippen molar-refractivity contribution < 1.29 is 14.3 Å². The van der Waals surface area contributed by atoms with Crippen LogP contribution in [0.2, 0.25) is 0 Å². The highest BCUT2D eigenvalue weighted by Gasteiger charge is 2.08. The second-order valence-corrected chi connectivity index (χ2v) is 5.98. The van der Waals surface area contributed by atoms with Crippen molar-refractivity contribution in [3.63, 3.8) is 0 Å². The molecule has 5 nitrogen and oxygen atoms in total. The molecule has 0 spiro atoms. The number of carbonyl (C=O) groups is 1. The molecule has 0 unspecified atom stereocenters. The zero-order chi connectivity index (χ0) is 18.4. The molecular formula is C21H22N2O3. The number of hydrogen-bond donors (Lipinski definition) is 1. The molecule has 3 rings (SSSR count). The molecule has 1 aromatic heterocycles. The average Bonchev–Trinajstić information content (AvgIpc) is 2.66. The summed E-state index contributed by atoms with van der Waals surface area (Å²) in [7, 11) is 1.64. The number of benzene rings is 2. The summed E-state index contributed by atoms with van der Waals surface area (Å²) in [6, 6.07) is 17.4. The van der Waals surface area contributed by atoms with Gasteiger partial charge in [-0.05, 0) is 37.1 Å². The van der Waals surface area contributed by atoms with Gasteiger partial charge in [0.1, 0.15) is 17.0 Å². The number of hydrogen-bond acceptors (Lipinski definition) is 4. The van der Waals surface area contributed by atoms with Crippen molar-refractivity contribution in [3.05, 3.63) is 65.9 Å². The molecule has 26 heavy (non-hydrogen) atoms. The van der Waals surface area contributed by atoms with E-state index in [1.165, 1.54) is 0 Å². The second-order valence-electron chi connectivity index (χ2n) is 5.98. The van der Waals surface area contributed by atoms with E-state index < -0.39 is 0 Å². The number of ether oxygens (including phenoxy) is 2. The van der Waals surface area contributed by atoms with Crippen molar-refractivity contribution in [3.8, 4) is 11.5 Å². The first kappa shape index (κ1) is 17.7. The van der Waals surface area contributed by atoms with Crippen LogP contribution >= 0.6 is 0 Å². The third-order valence-corrected chi connectivity index (χ3v) is 4.09. The van der Waals surface area contributed by atoms with E-state index in [-0.39, 0.29) is 12.5 Å². The van der Waals surface area contributed by atoms with Gasteiger partial charge < -0.3 is 14.8 Å². The van der Waals surface area contributed by atoms with Gasteiger partial charge in [-0.2, -0.15) is 0 Å². The largest absolute Gasteiger partial charge is 0.496 e. The summed E-state index contributed by atoms with van der Waals surface area (Å²) in [6.45, 7) is 2.41. The zero-order valence-corrected chi connectivity index (χ0v) is 15.0. The van der Waals surface area contributed by atoms with Gasteiger partial charge in [0.25, 0.3) is 5.91 Å².